The molecule has 154 valence electrons. The molecule has 3 rings (SSSR count). The largest absolute Gasteiger partial charge is 0.491 e. The summed E-state index contributed by atoms with van der Waals surface area (Å²) in [5, 5.41) is 0.942. The van der Waals surface area contributed by atoms with Crippen LogP contribution in [0.2, 0.25) is 0 Å². The first-order valence-corrected chi connectivity index (χ1v) is 10.3. The highest BCUT2D eigenvalue weighted by Crippen LogP contribution is 2.25. The van der Waals surface area contributed by atoms with Gasteiger partial charge in [-0.2, -0.15) is 0 Å². The molecule has 5 nitrogen and oxygen atoms in total. The molecule has 0 aliphatic carbocycles. The van der Waals surface area contributed by atoms with Crippen molar-refractivity contribution in [3.63, 3.8) is 0 Å². The van der Waals surface area contributed by atoms with E-state index in [4.69, 9.17) is 9.15 Å². The molecule has 0 bridgehead atoms. The fraction of sp³-hybridized carbons (Fsp3) is 0.429. The summed E-state index contributed by atoms with van der Waals surface area (Å²) >= 11 is 1.58. The first-order valence-electron chi connectivity index (χ1n) is 9.48. The highest BCUT2D eigenvalue weighted by molar-refractivity contribution is 7.16. The van der Waals surface area contributed by atoms with Gasteiger partial charge in [-0.25, -0.2) is 14.4 Å². The summed E-state index contributed by atoms with van der Waals surface area (Å²) in [6, 6.07) is 5.26. The number of thiazole rings is 1. The van der Waals surface area contributed by atoms with Crippen molar-refractivity contribution in [2.75, 3.05) is 32.3 Å². The maximum Gasteiger partial charge on any atom is 0.220 e. The van der Waals surface area contributed by atoms with E-state index in [2.05, 4.69) is 23.8 Å². The molecule has 2 heterocycles. The molecular formula is C21H30FN3O2S. The van der Waals surface area contributed by atoms with E-state index < -0.39 is 6.67 Å². The lowest BCUT2D eigenvalue weighted by molar-refractivity contribution is 0.273. The van der Waals surface area contributed by atoms with E-state index in [1.54, 1.807) is 35.6 Å². The summed E-state index contributed by atoms with van der Waals surface area (Å²) in [5.41, 5.74) is 1.34. The first-order chi connectivity index (χ1) is 13.6. The van der Waals surface area contributed by atoms with E-state index in [0.717, 1.165) is 15.5 Å². The maximum atomic E-state index is 12.1. The van der Waals surface area contributed by atoms with E-state index in [0.29, 0.717) is 17.2 Å². The van der Waals surface area contributed by atoms with Gasteiger partial charge in [0.25, 0.3) is 0 Å². The number of alkyl halides is 1. The van der Waals surface area contributed by atoms with Crippen LogP contribution in [0.15, 0.2) is 28.8 Å². The smallest absolute Gasteiger partial charge is 0.220 e. The van der Waals surface area contributed by atoms with Crippen LogP contribution in [-0.2, 0) is 0 Å². The second-order valence-electron chi connectivity index (χ2n) is 5.70. The number of nitrogens with zero attached hydrogens (tertiary/aromatic N) is 3. The van der Waals surface area contributed by atoms with Crippen LogP contribution in [0.1, 0.15) is 44.9 Å². The lowest BCUT2D eigenvalue weighted by Crippen LogP contribution is -2.07. The van der Waals surface area contributed by atoms with Gasteiger partial charge in [0.05, 0.1) is 0 Å². The summed E-state index contributed by atoms with van der Waals surface area (Å²) in [6.45, 7) is 7.76. The van der Waals surface area contributed by atoms with Gasteiger partial charge in [0.1, 0.15) is 24.5 Å². The molecule has 0 amide bonds. The van der Waals surface area contributed by atoms with Crippen LogP contribution in [0.4, 0.5) is 9.52 Å². The van der Waals surface area contributed by atoms with Gasteiger partial charge >= 0.3 is 0 Å². The van der Waals surface area contributed by atoms with Crippen LogP contribution in [0, 0.1) is 0 Å². The molecule has 0 saturated heterocycles. The van der Waals surface area contributed by atoms with Gasteiger partial charge < -0.3 is 14.1 Å². The normalized spacial score (nSPS) is 10.2. The van der Waals surface area contributed by atoms with Crippen LogP contribution in [0.3, 0.4) is 0 Å². The quantitative estimate of drug-likeness (QED) is 0.479. The second-order valence-corrected chi connectivity index (χ2v) is 6.74. The molecule has 0 fully saturated rings. The molecule has 0 atom stereocenters. The number of aromatic nitrogens is 2. The van der Waals surface area contributed by atoms with Crippen molar-refractivity contribution >= 4 is 39.7 Å². The monoisotopic (exact) mass is 407 g/mol. The Kier molecular flexibility index (Phi) is 10.9. The molecule has 2 aromatic heterocycles. The van der Waals surface area contributed by atoms with Crippen LogP contribution >= 0.6 is 11.3 Å². The Morgan fingerprint density at radius 3 is 2.54 bits per heavy atom. The standard InChI is InChI=1S/C16H16FN3O2S.C3H8.C2H6/c1-20(2)16-18-10-12(23-16)4-6-15-19-13-5-3-11(21-8-7-17)9-14(13)22-15;1-3-2;1-2/h3-6,9-10H,7-8H2,1-2H3;3H2,1-2H3;1-2H3/b6-4+;;. The molecule has 3 aromatic rings. The molecule has 28 heavy (non-hydrogen) atoms. The van der Waals surface area contributed by atoms with E-state index in [1.165, 1.54) is 6.42 Å². The minimum Gasteiger partial charge on any atom is -0.491 e. The molecule has 0 N–H and O–H groups in total. The molecule has 1 aromatic carbocycles. The summed E-state index contributed by atoms with van der Waals surface area (Å²) in [5.74, 6) is 1.07. The number of hydrogen-bond donors (Lipinski definition) is 0. The summed E-state index contributed by atoms with van der Waals surface area (Å²) in [6.07, 6.45) is 6.77. The van der Waals surface area contributed by atoms with E-state index in [1.807, 2.05) is 45.1 Å². The van der Waals surface area contributed by atoms with Crippen LogP contribution in [0.25, 0.3) is 23.3 Å². The average Bonchev–Trinajstić information content (AvgIpc) is 3.33. The van der Waals surface area contributed by atoms with Crippen LogP contribution in [0.5, 0.6) is 5.75 Å². The van der Waals surface area contributed by atoms with E-state index in [9.17, 15) is 4.39 Å². The molecule has 7 heteroatoms. The van der Waals surface area contributed by atoms with Crippen molar-refractivity contribution in [3.05, 3.63) is 35.2 Å². The lowest BCUT2D eigenvalue weighted by Gasteiger charge is -2.04. The number of hydrogen-bond acceptors (Lipinski definition) is 6. The van der Waals surface area contributed by atoms with Gasteiger partial charge in [-0.05, 0) is 18.2 Å². The van der Waals surface area contributed by atoms with Crippen LogP contribution < -0.4 is 9.64 Å². The maximum absolute atomic E-state index is 12.1. The third-order valence-electron chi connectivity index (χ3n) is 3.01. The Balaban J connectivity index is 0.000000717. The van der Waals surface area contributed by atoms with Crippen LogP contribution in [-0.4, -0.2) is 37.3 Å². The van der Waals surface area contributed by atoms with Crippen molar-refractivity contribution in [1.82, 2.24) is 9.97 Å². The van der Waals surface area contributed by atoms with Gasteiger partial charge in [0.2, 0.25) is 5.89 Å². The van der Waals surface area contributed by atoms with Crippen molar-refractivity contribution in [2.24, 2.45) is 0 Å². The number of anilines is 1. The third-order valence-corrected chi connectivity index (χ3v) is 4.14. The van der Waals surface area contributed by atoms with Gasteiger partial charge in [0, 0.05) is 37.3 Å². The Labute approximate surface area is 170 Å². The Hall–Kier alpha value is -2.41. The molecular weight excluding hydrogens is 377 g/mol. The number of ether oxygens (including phenoxy) is 1. The average molecular weight is 408 g/mol. The fourth-order valence-electron chi connectivity index (χ4n) is 1.95. The fourth-order valence-corrected chi connectivity index (χ4v) is 2.69. The Bertz CT molecular complexity index is 843. The SMILES string of the molecule is CC.CCC.CN(C)c1ncc(/C=C/c2nc3ccc(OCCF)cc3o2)s1. The first kappa shape index (κ1) is 23.6. The minimum atomic E-state index is -0.522. The summed E-state index contributed by atoms with van der Waals surface area (Å²) in [4.78, 5) is 11.7. The minimum absolute atomic E-state index is 0.0337. The zero-order valence-electron chi connectivity index (χ0n) is 17.5. The lowest BCUT2D eigenvalue weighted by atomic mass is 10.3. The molecule has 0 aliphatic rings. The van der Waals surface area contributed by atoms with Crippen molar-refractivity contribution in [1.29, 1.82) is 0 Å². The van der Waals surface area contributed by atoms with E-state index >= 15 is 0 Å². The molecule has 0 radical (unpaired) electrons. The molecule has 0 spiro atoms. The number of benzene rings is 1. The van der Waals surface area contributed by atoms with Crippen molar-refractivity contribution < 1.29 is 13.5 Å². The zero-order valence-corrected chi connectivity index (χ0v) is 18.3. The number of halogens is 1. The van der Waals surface area contributed by atoms with Gasteiger partial charge in [0.15, 0.2) is 10.7 Å². The molecule has 0 aliphatic heterocycles. The number of fused-ring (bicyclic) bond motifs is 1. The highest BCUT2D eigenvalue weighted by atomic mass is 32.1. The van der Waals surface area contributed by atoms with Crippen molar-refractivity contribution in [2.45, 2.75) is 34.1 Å². The predicted molar refractivity (Wildman–Crippen MR) is 118 cm³/mol. The molecule has 0 unspecified atom stereocenters. The molecule has 0 saturated carbocycles. The Morgan fingerprint density at radius 2 is 1.93 bits per heavy atom. The second kappa shape index (κ2) is 12.9. The summed E-state index contributed by atoms with van der Waals surface area (Å²) < 4.78 is 23.0. The highest BCUT2D eigenvalue weighted by Gasteiger charge is 2.06. The number of rotatable bonds is 6. The predicted octanol–water partition coefficient (Wildman–Crippen LogP) is 6.31. The van der Waals surface area contributed by atoms with Gasteiger partial charge in [-0.15, -0.1) is 0 Å². The van der Waals surface area contributed by atoms with Gasteiger partial charge in [-0.3, -0.25) is 0 Å². The van der Waals surface area contributed by atoms with Gasteiger partial charge in [-0.1, -0.05) is 45.5 Å². The Morgan fingerprint density at radius 1 is 1.21 bits per heavy atom. The number of oxazole rings is 1. The summed E-state index contributed by atoms with van der Waals surface area (Å²) in [7, 11) is 3.91. The van der Waals surface area contributed by atoms with Crippen molar-refractivity contribution in [3.8, 4) is 5.75 Å². The topological polar surface area (TPSA) is 51.4 Å². The van der Waals surface area contributed by atoms with E-state index in [-0.39, 0.29) is 6.61 Å². The third kappa shape index (κ3) is 7.31. The zero-order chi connectivity index (χ0) is 20.9.